The van der Waals surface area contributed by atoms with Crippen molar-refractivity contribution in [2.75, 3.05) is 14.2 Å². The lowest BCUT2D eigenvalue weighted by molar-refractivity contribution is -0.212. The topological polar surface area (TPSA) is 18.5 Å². The molecule has 0 aliphatic rings. The fourth-order valence-corrected chi connectivity index (χ4v) is 1.13. The molecular weight excluding hydrogens is 128 g/mol. The van der Waals surface area contributed by atoms with Crippen molar-refractivity contribution in [2.45, 2.75) is 38.9 Å². The molecule has 0 radical (unpaired) electrons. The zero-order valence-electron chi connectivity index (χ0n) is 7.44. The number of methoxy groups -OCH3 is 2. The fourth-order valence-electron chi connectivity index (χ4n) is 1.13. The van der Waals surface area contributed by atoms with Crippen LogP contribution in [0.1, 0.15) is 33.1 Å². The third-order valence-electron chi connectivity index (χ3n) is 1.91. The Hall–Kier alpha value is -0.0800. The lowest BCUT2D eigenvalue weighted by Crippen LogP contribution is -2.32. The number of hydrogen-bond acceptors (Lipinski definition) is 2. The molecule has 0 fully saturated rings. The Bertz CT molecular complexity index is 69.1. The van der Waals surface area contributed by atoms with Gasteiger partial charge in [-0.3, -0.25) is 0 Å². The summed E-state index contributed by atoms with van der Waals surface area (Å²) in [5.41, 5.74) is 0. The van der Waals surface area contributed by atoms with Crippen molar-refractivity contribution in [3.63, 3.8) is 0 Å². The van der Waals surface area contributed by atoms with Crippen LogP contribution in [0.2, 0.25) is 0 Å². The summed E-state index contributed by atoms with van der Waals surface area (Å²) >= 11 is 0. The molecule has 0 bridgehead atoms. The van der Waals surface area contributed by atoms with Crippen molar-refractivity contribution >= 4 is 0 Å². The summed E-state index contributed by atoms with van der Waals surface area (Å²) in [6.45, 7) is 4.20. The van der Waals surface area contributed by atoms with Gasteiger partial charge in [0.25, 0.3) is 0 Å². The normalized spacial score (nSPS) is 12.0. The van der Waals surface area contributed by atoms with Crippen LogP contribution in [-0.4, -0.2) is 20.0 Å². The minimum atomic E-state index is -0.325. The van der Waals surface area contributed by atoms with E-state index >= 15 is 0 Å². The van der Waals surface area contributed by atoms with Crippen molar-refractivity contribution in [1.82, 2.24) is 0 Å². The minimum absolute atomic E-state index is 0.325. The van der Waals surface area contributed by atoms with Crippen molar-refractivity contribution in [3.05, 3.63) is 0 Å². The van der Waals surface area contributed by atoms with Crippen molar-refractivity contribution < 1.29 is 9.47 Å². The van der Waals surface area contributed by atoms with Gasteiger partial charge < -0.3 is 9.47 Å². The van der Waals surface area contributed by atoms with Crippen molar-refractivity contribution in [2.24, 2.45) is 0 Å². The SMILES string of the molecule is CCCC(CC)(OC)OC. The summed E-state index contributed by atoms with van der Waals surface area (Å²) < 4.78 is 10.5. The van der Waals surface area contributed by atoms with Crippen LogP contribution in [0, 0.1) is 0 Å². The van der Waals surface area contributed by atoms with E-state index in [1.165, 1.54) is 0 Å². The molecular formula is C8H18O2. The summed E-state index contributed by atoms with van der Waals surface area (Å²) in [7, 11) is 3.39. The molecule has 0 aromatic carbocycles. The predicted molar refractivity (Wildman–Crippen MR) is 41.9 cm³/mol. The molecule has 0 saturated carbocycles. The quantitative estimate of drug-likeness (QED) is 0.553. The average molecular weight is 146 g/mol. The molecule has 0 saturated heterocycles. The van der Waals surface area contributed by atoms with E-state index in [1.807, 2.05) is 0 Å². The Balaban J connectivity index is 3.87. The van der Waals surface area contributed by atoms with Gasteiger partial charge in [-0.1, -0.05) is 20.3 Å². The highest BCUT2D eigenvalue weighted by Gasteiger charge is 2.25. The third-order valence-corrected chi connectivity index (χ3v) is 1.91. The maximum Gasteiger partial charge on any atom is 0.167 e. The van der Waals surface area contributed by atoms with Gasteiger partial charge >= 0.3 is 0 Å². The Morgan fingerprint density at radius 3 is 1.70 bits per heavy atom. The van der Waals surface area contributed by atoms with Gasteiger partial charge in [0.1, 0.15) is 0 Å². The van der Waals surface area contributed by atoms with E-state index < -0.39 is 0 Å². The van der Waals surface area contributed by atoms with Crippen LogP contribution in [0.3, 0.4) is 0 Å². The second-order valence-corrected chi connectivity index (χ2v) is 2.42. The molecule has 0 atom stereocenters. The Morgan fingerprint density at radius 2 is 1.60 bits per heavy atom. The zero-order chi connectivity index (χ0) is 8.04. The Labute approximate surface area is 63.5 Å². The standard InChI is InChI=1S/C8H18O2/c1-5-7-8(6-2,9-3)10-4/h5-7H2,1-4H3. The van der Waals surface area contributed by atoms with Gasteiger partial charge in [0.2, 0.25) is 0 Å². The summed E-state index contributed by atoms with van der Waals surface area (Å²) in [4.78, 5) is 0. The van der Waals surface area contributed by atoms with Gasteiger partial charge in [0.15, 0.2) is 5.79 Å². The molecule has 0 aliphatic carbocycles. The largest absolute Gasteiger partial charge is 0.353 e. The van der Waals surface area contributed by atoms with E-state index in [0.29, 0.717) is 0 Å². The molecule has 2 nitrogen and oxygen atoms in total. The molecule has 0 aliphatic heterocycles. The summed E-state index contributed by atoms with van der Waals surface area (Å²) in [6.07, 6.45) is 2.97. The van der Waals surface area contributed by atoms with Gasteiger partial charge in [-0.2, -0.15) is 0 Å². The predicted octanol–water partition coefficient (Wildman–Crippen LogP) is 2.19. The van der Waals surface area contributed by atoms with Gasteiger partial charge in [-0.25, -0.2) is 0 Å². The first-order valence-electron chi connectivity index (χ1n) is 3.85. The highest BCUT2D eigenvalue weighted by molar-refractivity contribution is 4.64. The van der Waals surface area contributed by atoms with E-state index in [4.69, 9.17) is 9.47 Å². The molecule has 0 aromatic heterocycles. The molecule has 0 aromatic rings. The lowest BCUT2D eigenvalue weighted by Gasteiger charge is -2.29. The molecule has 0 amide bonds. The second kappa shape index (κ2) is 4.69. The maximum atomic E-state index is 5.25. The molecule has 0 N–H and O–H groups in total. The lowest BCUT2D eigenvalue weighted by atomic mass is 10.1. The molecule has 0 spiro atoms. The van der Waals surface area contributed by atoms with Crippen LogP contribution in [0.5, 0.6) is 0 Å². The molecule has 62 valence electrons. The van der Waals surface area contributed by atoms with Crippen LogP contribution >= 0.6 is 0 Å². The highest BCUT2D eigenvalue weighted by Crippen LogP contribution is 2.21. The molecule has 2 heteroatoms. The van der Waals surface area contributed by atoms with Crippen LogP contribution in [-0.2, 0) is 9.47 Å². The van der Waals surface area contributed by atoms with Crippen LogP contribution < -0.4 is 0 Å². The molecule has 0 rings (SSSR count). The van der Waals surface area contributed by atoms with Gasteiger partial charge in [-0.15, -0.1) is 0 Å². The summed E-state index contributed by atoms with van der Waals surface area (Å²) in [5, 5.41) is 0. The van der Waals surface area contributed by atoms with Gasteiger partial charge in [-0.05, 0) is 6.42 Å². The van der Waals surface area contributed by atoms with Gasteiger partial charge in [0, 0.05) is 20.6 Å². The maximum absolute atomic E-state index is 5.25. The van der Waals surface area contributed by atoms with E-state index in [9.17, 15) is 0 Å². The van der Waals surface area contributed by atoms with E-state index in [-0.39, 0.29) is 5.79 Å². The summed E-state index contributed by atoms with van der Waals surface area (Å²) in [6, 6.07) is 0. The van der Waals surface area contributed by atoms with Crippen molar-refractivity contribution in [1.29, 1.82) is 0 Å². The van der Waals surface area contributed by atoms with Gasteiger partial charge in [0.05, 0.1) is 0 Å². The Morgan fingerprint density at radius 1 is 1.10 bits per heavy atom. The monoisotopic (exact) mass is 146 g/mol. The molecule has 0 unspecified atom stereocenters. The first kappa shape index (κ1) is 9.92. The van der Waals surface area contributed by atoms with Crippen molar-refractivity contribution in [3.8, 4) is 0 Å². The van der Waals surface area contributed by atoms with E-state index in [2.05, 4.69) is 13.8 Å². The average Bonchev–Trinajstić information content (AvgIpc) is 2.01. The smallest absolute Gasteiger partial charge is 0.167 e. The van der Waals surface area contributed by atoms with E-state index in [0.717, 1.165) is 19.3 Å². The first-order valence-corrected chi connectivity index (χ1v) is 3.85. The Kier molecular flexibility index (Phi) is 4.65. The number of ether oxygens (including phenoxy) is 2. The molecule has 10 heavy (non-hydrogen) atoms. The van der Waals surface area contributed by atoms with Crippen LogP contribution in [0.15, 0.2) is 0 Å². The zero-order valence-corrected chi connectivity index (χ0v) is 7.44. The fraction of sp³-hybridized carbons (Fsp3) is 1.00. The third kappa shape index (κ3) is 2.27. The highest BCUT2D eigenvalue weighted by atomic mass is 16.7. The minimum Gasteiger partial charge on any atom is -0.353 e. The molecule has 0 heterocycles. The van der Waals surface area contributed by atoms with Crippen LogP contribution in [0.25, 0.3) is 0 Å². The number of rotatable bonds is 5. The second-order valence-electron chi connectivity index (χ2n) is 2.42. The van der Waals surface area contributed by atoms with Crippen LogP contribution in [0.4, 0.5) is 0 Å². The number of hydrogen-bond donors (Lipinski definition) is 0. The summed E-state index contributed by atoms with van der Waals surface area (Å²) in [5.74, 6) is -0.325. The first-order chi connectivity index (χ1) is 4.74. The van der Waals surface area contributed by atoms with E-state index in [1.54, 1.807) is 14.2 Å².